The Morgan fingerprint density at radius 3 is 2.47 bits per heavy atom. The summed E-state index contributed by atoms with van der Waals surface area (Å²) in [6, 6.07) is 0.582. The summed E-state index contributed by atoms with van der Waals surface area (Å²) in [5.74, 6) is 0.485. The number of nitrogens with zero attached hydrogens (tertiary/aromatic N) is 1. The lowest BCUT2D eigenvalue weighted by molar-refractivity contribution is -0.120. The van der Waals surface area contributed by atoms with Crippen molar-refractivity contribution < 1.29 is 4.79 Å². The van der Waals surface area contributed by atoms with E-state index >= 15 is 0 Å². The summed E-state index contributed by atoms with van der Waals surface area (Å²) in [6.07, 6.45) is 9.17. The van der Waals surface area contributed by atoms with Crippen molar-refractivity contribution in [2.45, 2.75) is 65.3 Å². The summed E-state index contributed by atoms with van der Waals surface area (Å²) in [6.45, 7) is 6.18. The molecular weight excluding hydrogens is 210 g/mol. The third-order valence-corrected chi connectivity index (χ3v) is 3.95. The molecule has 0 bridgehead atoms. The van der Waals surface area contributed by atoms with Crippen molar-refractivity contribution in [1.82, 2.24) is 4.90 Å². The molecule has 1 atom stereocenters. The Balaban J connectivity index is 2.66. The molecule has 17 heavy (non-hydrogen) atoms. The fourth-order valence-corrected chi connectivity index (χ4v) is 2.82. The molecule has 0 N–H and O–H groups in total. The van der Waals surface area contributed by atoms with Crippen LogP contribution in [0.2, 0.25) is 0 Å². The summed E-state index contributed by atoms with van der Waals surface area (Å²) in [7, 11) is 2.09. The Bertz CT molecular complexity index is 277. The van der Waals surface area contributed by atoms with E-state index in [1.54, 1.807) is 0 Å². The largest absolute Gasteiger partial charge is 0.369 e. The molecule has 1 aliphatic rings. The van der Waals surface area contributed by atoms with Crippen LogP contribution in [-0.2, 0) is 4.79 Å². The fourth-order valence-electron chi connectivity index (χ4n) is 2.82. The number of ketones is 1. The second kappa shape index (κ2) is 6.83. The number of likely N-dealkylation sites (N-methyl/N-ethyl adjacent to an activating group) is 1. The molecule has 1 aliphatic carbocycles. The summed E-state index contributed by atoms with van der Waals surface area (Å²) < 4.78 is 0. The zero-order valence-electron chi connectivity index (χ0n) is 11.8. The highest BCUT2D eigenvalue weighted by Gasteiger charge is 2.26. The first-order chi connectivity index (χ1) is 8.11. The summed E-state index contributed by atoms with van der Waals surface area (Å²) in [5.41, 5.74) is 0.929. The van der Waals surface area contributed by atoms with Gasteiger partial charge < -0.3 is 4.90 Å². The van der Waals surface area contributed by atoms with Crippen LogP contribution in [-0.4, -0.2) is 23.8 Å². The van der Waals surface area contributed by atoms with Crippen LogP contribution >= 0.6 is 0 Å². The first kappa shape index (κ1) is 14.3. The lowest BCUT2D eigenvalue weighted by Crippen LogP contribution is -2.34. The fraction of sp³-hybridized carbons (Fsp3) is 0.800. The van der Waals surface area contributed by atoms with Crippen LogP contribution in [0.15, 0.2) is 11.8 Å². The first-order valence-electron chi connectivity index (χ1n) is 7.05. The van der Waals surface area contributed by atoms with Gasteiger partial charge in [0.15, 0.2) is 5.78 Å². The molecule has 2 heteroatoms. The van der Waals surface area contributed by atoms with Gasteiger partial charge in [0.25, 0.3) is 0 Å². The van der Waals surface area contributed by atoms with Crippen molar-refractivity contribution in [2.75, 3.05) is 7.05 Å². The number of hydrogen-bond acceptors (Lipinski definition) is 2. The first-order valence-corrected chi connectivity index (χ1v) is 7.05. The van der Waals surface area contributed by atoms with E-state index in [4.69, 9.17) is 0 Å². The lowest BCUT2D eigenvalue weighted by Gasteiger charge is -2.29. The molecule has 2 nitrogen and oxygen atoms in total. The summed E-state index contributed by atoms with van der Waals surface area (Å²) >= 11 is 0. The van der Waals surface area contributed by atoms with E-state index in [2.05, 4.69) is 25.8 Å². The van der Waals surface area contributed by atoms with Crippen molar-refractivity contribution in [1.29, 1.82) is 0 Å². The van der Waals surface area contributed by atoms with E-state index in [1.807, 2.05) is 13.0 Å². The molecule has 0 aliphatic heterocycles. The average Bonchev–Trinajstić information content (AvgIpc) is 2.83. The zero-order valence-corrected chi connectivity index (χ0v) is 11.8. The van der Waals surface area contributed by atoms with E-state index in [0.717, 1.165) is 18.5 Å². The maximum atomic E-state index is 12.4. The predicted octanol–water partition coefficient (Wildman–Crippen LogP) is 3.77. The van der Waals surface area contributed by atoms with Crippen molar-refractivity contribution >= 4 is 5.78 Å². The minimum absolute atomic E-state index is 0.162. The smallest absolute Gasteiger partial charge is 0.181 e. The number of carbonyl (C=O) groups excluding carboxylic acids is 1. The normalized spacial score (nSPS) is 19.4. The van der Waals surface area contributed by atoms with E-state index in [-0.39, 0.29) is 5.92 Å². The minimum atomic E-state index is 0.162. The minimum Gasteiger partial charge on any atom is -0.369 e. The van der Waals surface area contributed by atoms with Crippen LogP contribution in [0.25, 0.3) is 0 Å². The molecule has 0 aromatic heterocycles. The predicted molar refractivity (Wildman–Crippen MR) is 72.9 cm³/mol. The highest BCUT2D eigenvalue weighted by Crippen LogP contribution is 2.26. The second-order valence-corrected chi connectivity index (χ2v) is 5.28. The molecule has 0 saturated heterocycles. The number of allylic oxidation sites excluding steroid dienone is 2. The second-order valence-electron chi connectivity index (χ2n) is 5.28. The molecule has 98 valence electrons. The van der Waals surface area contributed by atoms with Crippen molar-refractivity contribution in [2.24, 2.45) is 5.92 Å². The third kappa shape index (κ3) is 3.58. The van der Waals surface area contributed by atoms with Gasteiger partial charge >= 0.3 is 0 Å². The van der Waals surface area contributed by atoms with Crippen LogP contribution in [0.1, 0.15) is 59.3 Å². The Hall–Kier alpha value is -0.790. The number of Topliss-reactive ketones (excluding diaryl/α,β-unsaturated/α-hetero) is 1. The molecule has 0 aromatic carbocycles. The number of carbonyl (C=O) groups is 1. The van der Waals surface area contributed by atoms with Crippen molar-refractivity contribution in [3.8, 4) is 0 Å². The Kier molecular flexibility index (Phi) is 5.73. The van der Waals surface area contributed by atoms with Gasteiger partial charge in [-0.05, 0) is 26.2 Å². The van der Waals surface area contributed by atoms with Crippen LogP contribution < -0.4 is 0 Å². The van der Waals surface area contributed by atoms with E-state index in [0.29, 0.717) is 11.8 Å². The topological polar surface area (TPSA) is 20.3 Å². The van der Waals surface area contributed by atoms with Crippen molar-refractivity contribution in [3.05, 3.63) is 11.8 Å². The lowest BCUT2D eigenvalue weighted by atomic mass is 9.97. The molecule has 1 fully saturated rings. The molecule has 1 unspecified atom stereocenters. The van der Waals surface area contributed by atoms with Gasteiger partial charge in [0.05, 0.1) is 5.70 Å². The van der Waals surface area contributed by atoms with Gasteiger partial charge in [-0.25, -0.2) is 0 Å². The average molecular weight is 237 g/mol. The van der Waals surface area contributed by atoms with Crippen molar-refractivity contribution in [3.63, 3.8) is 0 Å². The molecule has 1 rings (SSSR count). The third-order valence-electron chi connectivity index (χ3n) is 3.95. The standard InChI is InChI=1S/C15H27NO/c1-5-9-12(3)15(17)14(6-2)16(4)13-10-7-8-11-13/h6,12-13H,5,7-11H2,1-4H3. The highest BCUT2D eigenvalue weighted by molar-refractivity contribution is 5.96. The maximum Gasteiger partial charge on any atom is 0.181 e. The highest BCUT2D eigenvalue weighted by atomic mass is 16.1. The van der Waals surface area contributed by atoms with Gasteiger partial charge in [0, 0.05) is 19.0 Å². The van der Waals surface area contributed by atoms with Crippen LogP contribution in [0.3, 0.4) is 0 Å². The monoisotopic (exact) mass is 237 g/mol. The van der Waals surface area contributed by atoms with E-state index in [1.165, 1.54) is 25.7 Å². The van der Waals surface area contributed by atoms with Gasteiger partial charge in [-0.15, -0.1) is 0 Å². The zero-order chi connectivity index (χ0) is 12.8. The quantitative estimate of drug-likeness (QED) is 0.655. The van der Waals surface area contributed by atoms with Gasteiger partial charge in [-0.1, -0.05) is 39.2 Å². The van der Waals surface area contributed by atoms with Gasteiger partial charge in [0.2, 0.25) is 0 Å². The molecule has 0 heterocycles. The maximum absolute atomic E-state index is 12.4. The number of rotatable bonds is 6. The van der Waals surface area contributed by atoms with Gasteiger partial charge in [-0.2, -0.15) is 0 Å². The molecule has 0 aromatic rings. The Labute approximate surface area is 106 Å². The summed E-state index contributed by atoms with van der Waals surface area (Å²) in [5, 5.41) is 0. The molecule has 0 spiro atoms. The summed E-state index contributed by atoms with van der Waals surface area (Å²) in [4.78, 5) is 14.6. The van der Waals surface area contributed by atoms with Gasteiger partial charge in [0.1, 0.15) is 0 Å². The number of hydrogen-bond donors (Lipinski definition) is 0. The Morgan fingerprint density at radius 1 is 1.41 bits per heavy atom. The molecule has 1 saturated carbocycles. The van der Waals surface area contributed by atoms with Crippen LogP contribution in [0.4, 0.5) is 0 Å². The van der Waals surface area contributed by atoms with Crippen LogP contribution in [0, 0.1) is 5.92 Å². The SMILES string of the molecule is CC=C(C(=O)C(C)CCC)N(C)C1CCCC1. The van der Waals surface area contributed by atoms with Gasteiger partial charge in [-0.3, -0.25) is 4.79 Å². The molecule has 0 radical (unpaired) electrons. The Morgan fingerprint density at radius 2 is 2.00 bits per heavy atom. The van der Waals surface area contributed by atoms with E-state index in [9.17, 15) is 4.79 Å². The molecule has 0 amide bonds. The van der Waals surface area contributed by atoms with Crippen LogP contribution in [0.5, 0.6) is 0 Å². The molecular formula is C15H27NO. The van der Waals surface area contributed by atoms with E-state index < -0.39 is 0 Å².